The smallest absolute Gasteiger partial charge is 0.0945 e. The molecule has 0 radical (unpaired) electrons. The molecule has 3 nitrogen and oxygen atoms in total. The maximum absolute atomic E-state index is 9.86. The molecule has 1 fully saturated rings. The lowest BCUT2D eigenvalue weighted by Gasteiger charge is -2.15. The highest BCUT2D eigenvalue weighted by molar-refractivity contribution is 9.11. The lowest BCUT2D eigenvalue weighted by Crippen LogP contribution is -2.25. The number of benzene rings is 1. The van der Waals surface area contributed by atoms with Gasteiger partial charge in [-0.15, -0.1) is 0 Å². The minimum Gasteiger partial charge on any atom is -0.389 e. The SMILES string of the molecule is Cc1cc(Br)c(NCC(O)COCC2CC2)c(Br)c1. The minimum atomic E-state index is -0.487. The van der Waals surface area contributed by atoms with Crippen molar-refractivity contribution in [1.29, 1.82) is 0 Å². The molecular weight excluding hydrogens is 374 g/mol. The van der Waals surface area contributed by atoms with Gasteiger partial charge in [-0.2, -0.15) is 0 Å². The summed E-state index contributed by atoms with van der Waals surface area (Å²) in [6.07, 6.45) is 2.06. The molecule has 1 unspecified atom stereocenters. The van der Waals surface area contributed by atoms with E-state index >= 15 is 0 Å². The Balaban J connectivity index is 1.77. The Bertz CT molecular complexity index is 412. The second-order valence-electron chi connectivity index (χ2n) is 5.12. The second kappa shape index (κ2) is 7.07. The lowest BCUT2D eigenvalue weighted by molar-refractivity contribution is 0.0386. The van der Waals surface area contributed by atoms with Crippen molar-refractivity contribution in [1.82, 2.24) is 0 Å². The summed E-state index contributed by atoms with van der Waals surface area (Å²) in [7, 11) is 0. The van der Waals surface area contributed by atoms with Crippen LogP contribution in [0.15, 0.2) is 21.1 Å². The molecule has 19 heavy (non-hydrogen) atoms. The number of hydrogen-bond donors (Lipinski definition) is 2. The number of ether oxygens (including phenoxy) is 1. The van der Waals surface area contributed by atoms with E-state index in [1.807, 2.05) is 19.1 Å². The van der Waals surface area contributed by atoms with E-state index in [-0.39, 0.29) is 0 Å². The van der Waals surface area contributed by atoms with Gasteiger partial charge >= 0.3 is 0 Å². The van der Waals surface area contributed by atoms with E-state index in [0.717, 1.165) is 27.2 Å². The van der Waals surface area contributed by atoms with Crippen LogP contribution in [0.1, 0.15) is 18.4 Å². The third-order valence-corrected chi connectivity index (χ3v) is 4.31. The van der Waals surface area contributed by atoms with Crippen LogP contribution in [-0.4, -0.2) is 31.0 Å². The summed E-state index contributed by atoms with van der Waals surface area (Å²) in [5, 5.41) is 13.1. The molecule has 1 saturated carbocycles. The topological polar surface area (TPSA) is 41.5 Å². The first-order valence-corrected chi connectivity index (χ1v) is 8.10. The van der Waals surface area contributed by atoms with Crippen molar-refractivity contribution >= 4 is 37.5 Å². The fraction of sp³-hybridized carbons (Fsp3) is 0.571. The molecule has 1 aromatic carbocycles. The molecule has 0 aromatic heterocycles. The van der Waals surface area contributed by atoms with Crippen LogP contribution < -0.4 is 5.32 Å². The number of aryl methyl sites for hydroxylation is 1. The molecule has 106 valence electrons. The minimum absolute atomic E-state index is 0.393. The largest absolute Gasteiger partial charge is 0.389 e. The normalized spacial score (nSPS) is 16.4. The number of anilines is 1. The Hall–Kier alpha value is -0.100. The Morgan fingerprint density at radius 2 is 2.00 bits per heavy atom. The maximum atomic E-state index is 9.86. The van der Waals surface area contributed by atoms with Crippen LogP contribution in [0.2, 0.25) is 0 Å². The molecular formula is C14H19Br2NO2. The molecule has 1 aromatic rings. The Morgan fingerprint density at radius 3 is 2.58 bits per heavy atom. The highest BCUT2D eigenvalue weighted by Gasteiger charge is 2.21. The first-order chi connectivity index (χ1) is 9.06. The first-order valence-electron chi connectivity index (χ1n) is 6.51. The Kier molecular flexibility index (Phi) is 5.69. The summed E-state index contributed by atoms with van der Waals surface area (Å²) in [5.74, 6) is 0.737. The van der Waals surface area contributed by atoms with Crippen molar-refractivity contribution in [2.24, 2.45) is 5.92 Å². The number of aliphatic hydroxyl groups excluding tert-OH is 1. The first kappa shape index (κ1) is 15.3. The van der Waals surface area contributed by atoms with Gasteiger partial charge in [0.1, 0.15) is 0 Å². The van der Waals surface area contributed by atoms with E-state index < -0.39 is 6.10 Å². The van der Waals surface area contributed by atoms with E-state index in [1.54, 1.807) is 0 Å². The maximum Gasteiger partial charge on any atom is 0.0945 e. The highest BCUT2D eigenvalue weighted by Crippen LogP contribution is 2.32. The Labute approximate surface area is 131 Å². The van der Waals surface area contributed by atoms with Gasteiger partial charge in [-0.05, 0) is 75.2 Å². The summed E-state index contributed by atoms with van der Waals surface area (Å²) < 4.78 is 7.46. The molecule has 1 atom stereocenters. The third kappa shape index (κ3) is 5.06. The lowest BCUT2D eigenvalue weighted by atomic mass is 10.2. The second-order valence-corrected chi connectivity index (χ2v) is 6.83. The zero-order valence-corrected chi connectivity index (χ0v) is 14.1. The van der Waals surface area contributed by atoms with Crippen molar-refractivity contribution < 1.29 is 9.84 Å². The summed E-state index contributed by atoms with van der Waals surface area (Å²) in [6.45, 7) is 3.70. The Morgan fingerprint density at radius 1 is 1.37 bits per heavy atom. The predicted molar refractivity (Wildman–Crippen MR) is 84.6 cm³/mol. The molecule has 1 aliphatic carbocycles. The van der Waals surface area contributed by atoms with Crippen LogP contribution in [0.5, 0.6) is 0 Å². The van der Waals surface area contributed by atoms with Gasteiger partial charge in [0.25, 0.3) is 0 Å². The van der Waals surface area contributed by atoms with Crippen LogP contribution in [0.4, 0.5) is 5.69 Å². The van der Waals surface area contributed by atoms with Crippen molar-refractivity contribution in [3.05, 3.63) is 26.6 Å². The van der Waals surface area contributed by atoms with Crippen molar-refractivity contribution in [3.8, 4) is 0 Å². The van der Waals surface area contributed by atoms with E-state index in [1.165, 1.54) is 18.4 Å². The van der Waals surface area contributed by atoms with Gasteiger partial charge in [0.05, 0.1) is 18.4 Å². The fourth-order valence-corrected chi connectivity index (χ4v) is 3.50. The average Bonchev–Trinajstić information content (AvgIpc) is 3.11. The average molecular weight is 393 g/mol. The quantitative estimate of drug-likeness (QED) is 0.742. The van der Waals surface area contributed by atoms with Gasteiger partial charge in [-0.1, -0.05) is 0 Å². The van der Waals surface area contributed by atoms with Crippen molar-refractivity contribution in [3.63, 3.8) is 0 Å². The number of nitrogens with one attached hydrogen (secondary N) is 1. The van der Waals surface area contributed by atoms with E-state index in [9.17, 15) is 5.11 Å². The van der Waals surface area contributed by atoms with E-state index in [2.05, 4.69) is 37.2 Å². The zero-order chi connectivity index (χ0) is 13.8. The molecule has 0 heterocycles. The molecule has 0 bridgehead atoms. The van der Waals surface area contributed by atoms with Crippen molar-refractivity contribution in [2.75, 3.05) is 25.1 Å². The zero-order valence-electron chi connectivity index (χ0n) is 11.0. The molecule has 1 aliphatic rings. The monoisotopic (exact) mass is 391 g/mol. The van der Waals surface area contributed by atoms with Gasteiger partial charge in [0.2, 0.25) is 0 Å². The van der Waals surface area contributed by atoms with E-state index in [4.69, 9.17) is 4.74 Å². The van der Waals surface area contributed by atoms with Gasteiger partial charge in [-0.25, -0.2) is 0 Å². The van der Waals surface area contributed by atoms with Gasteiger partial charge < -0.3 is 15.2 Å². The van der Waals surface area contributed by atoms with Crippen molar-refractivity contribution in [2.45, 2.75) is 25.9 Å². The number of hydrogen-bond acceptors (Lipinski definition) is 3. The van der Waals surface area contributed by atoms with Crippen LogP contribution in [0.25, 0.3) is 0 Å². The van der Waals surface area contributed by atoms with Crippen LogP contribution in [0, 0.1) is 12.8 Å². The molecule has 2 N–H and O–H groups in total. The van der Waals surface area contributed by atoms with Gasteiger partial charge in [0, 0.05) is 22.1 Å². The van der Waals surface area contributed by atoms with Crippen LogP contribution in [0.3, 0.4) is 0 Å². The van der Waals surface area contributed by atoms with Gasteiger partial charge in [0.15, 0.2) is 0 Å². The molecule has 0 spiro atoms. The molecule has 0 aliphatic heterocycles. The number of rotatable bonds is 7. The fourth-order valence-electron chi connectivity index (χ4n) is 1.80. The third-order valence-electron chi connectivity index (χ3n) is 3.06. The predicted octanol–water partition coefficient (Wildman–Crippen LogP) is 3.72. The molecule has 2 rings (SSSR count). The number of halogens is 2. The molecule has 0 saturated heterocycles. The van der Waals surface area contributed by atoms with E-state index in [0.29, 0.717) is 13.2 Å². The van der Waals surface area contributed by atoms with Gasteiger partial charge in [-0.3, -0.25) is 0 Å². The standard InChI is InChI=1S/C14H19Br2NO2/c1-9-4-12(15)14(13(16)5-9)17-6-11(18)8-19-7-10-2-3-10/h4-5,10-11,17-18H,2-3,6-8H2,1H3. The molecule has 5 heteroatoms. The summed E-state index contributed by atoms with van der Waals surface area (Å²) >= 11 is 7.05. The van der Waals surface area contributed by atoms with Crippen LogP contribution >= 0.6 is 31.9 Å². The molecule has 0 amide bonds. The summed E-state index contributed by atoms with van der Waals surface area (Å²) in [6, 6.07) is 4.09. The summed E-state index contributed by atoms with van der Waals surface area (Å²) in [5.41, 5.74) is 2.14. The highest BCUT2D eigenvalue weighted by atomic mass is 79.9. The van der Waals surface area contributed by atoms with Crippen LogP contribution in [-0.2, 0) is 4.74 Å². The summed E-state index contributed by atoms with van der Waals surface area (Å²) in [4.78, 5) is 0. The number of aliphatic hydroxyl groups is 1.